The smallest absolute Gasteiger partial charge is 0.272 e. The standard InChI is InChI=1S/C8H5Br2N3OS/c9-4-2-1-3-5(10)6(4)13-7(14)11-12-8(13)15/h1-3H,(H,11,14)(H,12,15). The highest BCUT2D eigenvalue weighted by Crippen LogP contribution is 2.27. The van der Waals surface area contributed by atoms with Gasteiger partial charge in [-0.15, -0.1) is 0 Å². The van der Waals surface area contributed by atoms with E-state index in [9.17, 15) is 4.79 Å². The summed E-state index contributed by atoms with van der Waals surface area (Å²) in [5, 5.41) is 5.01. The fourth-order valence-corrected chi connectivity index (χ4v) is 2.79. The Hall–Kier alpha value is -0.660. The van der Waals surface area contributed by atoms with Gasteiger partial charge in [-0.3, -0.25) is 5.10 Å². The highest BCUT2D eigenvalue weighted by Gasteiger charge is 2.10. The Morgan fingerprint density at radius 1 is 1.20 bits per heavy atom. The van der Waals surface area contributed by atoms with Crippen molar-refractivity contribution in [1.29, 1.82) is 0 Å². The van der Waals surface area contributed by atoms with Gasteiger partial charge in [-0.05, 0) is 56.2 Å². The van der Waals surface area contributed by atoms with E-state index in [2.05, 4.69) is 42.1 Å². The Kier molecular flexibility index (Phi) is 2.94. The lowest BCUT2D eigenvalue weighted by atomic mass is 10.3. The van der Waals surface area contributed by atoms with Crippen LogP contribution in [0.5, 0.6) is 0 Å². The summed E-state index contributed by atoms with van der Waals surface area (Å²) in [4.78, 5) is 11.5. The molecule has 7 heteroatoms. The van der Waals surface area contributed by atoms with Gasteiger partial charge in [-0.2, -0.15) is 0 Å². The third kappa shape index (κ3) is 1.86. The van der Waals surface area contributed by atoms with Gasteiger partial charge in [0.1, 0.15) is 0 Å². The number of hydrogen-bond acceptors (Lipinski definition) is 2. The number of rotatable bonds is 1. The quantitative estimate of drug-likeness (QED) is 0.777. The molecule has 0 saturated heterocycles. The largest absolute Gasteiger partial charge is 0.347 e. The van der Waals surface area contributed by atoms with E-state index in [1.807, 2.05) is 18.2 Å². The van der Waals surface area contributed by atoms with E-state index in [0.717, 1.165) is 8.95 Å². The van der Waals surface area contributed by atoms with E-state index in [4.69, 9.17) is 12.2 Å². The predicted octanol–water partition coefficient (Wildman–Crippen LogP) is 2.75. The van der Waals surface area contributed by atoms with Gasteiger partial charge in [0.15, 0.2) is 0 Å². The second-order valence-electron chi connectivity index (χ2n) is 2.77. The van der Waals surface area contributed by atoms with Crippen LogP contribution in [0.2, 0.25) is 0 Å². The summed E-state index contributed by atoms with van der Waals surface area (Å²) in [6, 6.07) is 5.55. The summed E-state index contributed by atoms with van der Waals surface area (Å²) >= 11 is 11.8. The van der Waals surface area contributed by atoms with Crippen LogP contribution in [-0.4, -0.2) is 14.8 Å². The average Bonchev–Trinajstić information content (AvgIpc) is 2.49. The molecule has 0 aliphatic carbocycles. The SMILES string of the molecule is O=c1[nH][nH]c(=S)n1-c1c(Br)cccc1Br. The Labute approximate surface area is 107 Å². The summed E-state index contributed by atoms with van der Waals surface area (Å²) in [6.07, 6.45) is 0. The van der Waals surface area contributed by atoms with Crippen LogP contribution in [-0.2, 0) is 0 Å². The van der Waals surface area contributed by atoms with Gasteiger partial charge in [-0.1, -0.05) is 6.07 Å². The molecule has 2 aromatic rings. The molecule has 1 aromatic heterocycles. The molecule has 4 nitrogen and oxygen atoms in total. The van der Waals surface area contributed by atoms with Gasteiger partial charge in [0, 0.05) is 8.95 Å². The Morgan fingerprint density at radius 3 is 2.27 bits per heavy atom. The fraction of sp³-hybridized carbons (Fsp3) is 0. The van der Waals surface area contributed by atoms with Crippen LogP contribution in [0.25, 0.3) is 5.69 Å². The molecule has 0 bridgehead atoms. The topological polar surface area (TPSA) is 53.6 Å². The number of benzene rings is 1. The van der Waals surface area contributed by atoms with Crippen molar-refractivity contribution >= 4 is 44.1 Å². The number of nitrogens with one attached hydrogen (secondary N) is 2. The second-order valence-corrected chi connectivity index (χ2v) is 4.86. The summed E-state index contributed by atoms with van der Waals surface area (Å²) in [5.74, 6) is 0. The van der Waals surface area contributed by atoms with Crippen LogP contribution in [0.15, 0.2) is 31.9 Å². The third-order valence-corrected chi connectivity index (χ3v) is 3.41. The van der Waals surface area contributed by atoms with E-state index < -0.39 is 0 Å². The van der Waals surface area contributed by atoms with Crippen molar-refractivity contribution in [3.63, 3.8) is 0 Å². The summed E-state index contributed by atoms with van der Waals surface area (Å²) in [6.45, 7) is 0. The molecule has 0 saturated carbocycles. The molecule has 15 heavy (non-hydrogen) atoms. The van der Waals surface area contributed by atoms with E-state index in [-0.39, 0.29) is 5.69 Å². The molecular formula is C8H5Br2N3OS. The van der Waals surface area contributed by atoms with Crippen molar-refractivity contribution in [2.24, 2.45) is 0 Å². The second kappa shape index (κ2) is 4.07. The first-order valence-corrected chi connectivity index (χ1v) is 5.95. The summed E-state index contributed by atoms with van der Waals surface area (Å²) in [5.41, 5.74) is 0.387. The first kappa shape index (κ1) is 10.8. The van der Waals surface area contributed by atoms with Crippen LogP contribution >= 0.6 is 44.1 Å². The number of H-pyrrole nitrogens is 2. The van der Waals surface area contributed by atoms with Crippen molar-refractivity contribution in [1.82, 2.24) is 14.8 Å². The Morgan fingerprint density at radius 2 is 1.80 bits per heavy atom. The first-order valence-electron chi connectivity index (χ1n) is 3.95. The van der Waals surface area contributed by atoms with Crippen LogP contribution < -0.4 is 5.69 Å². The van der Waals surface area contributed by atoms with Gasteiger partial charge in [-0.25, -0.2) is 14.5 Å². The number of aromatic nitrogens is 3. The Bertz CT molecular complexity index is 565. The monoisotopic (exact) mass is 349 g/mol. The molecule has 0 amide bonds. The van der Waals surface area contributed by atoms with Gasteiger partial charge in [0.25, 0.3) is 0 Å². The lowest BCUT2D eigenvalue weighted by Gasteiger charge is -2.05. The zero-order chi connectivity index (χ0) is 11.0. The number of halogens is 2. The summed E-state index contributed by atoms with van der Waals surface area (Å²) in [7, 11) is 0. The maximum Gasteiger partial charge on any atom is 0.347 e. The lowest BCUT2D eigenvalue weighted by Crippen LogP contribution is -2.15. The van der Waals surface area contributed by atoms with Gasteiger partial charge in [0.2, 0.25) is 4.77 Å². The molecule has 0 atom stereocenters. The molecule has 0 radical (unpaired) electrons. The summed E-state index contributed by atoms with van der Waals surface area (Å²) < 4.78 is 3.28. The highest BCUT2D eigenvalue weighted by molar-refractivity contribution is 9.11. The predicted molar refractivity (Wildman–Crippen MR) is 67.0 cm³/mol. The minimum Gasteiger partial charge on any atom is -0.272 e. The molecule has 0 aliphatic heterocycles. The molecule has 2 rings (SSSR count). The van der Waals surface area contributed by atoms with Crippen LogP contribution in [0, 0.1) is 4.77 Å². The zero-order valence-electron chi connectivity index (χ0n) is 7.25. The lowest BCUT2D eigenvalue weighted by molar-refractivity contribution is 0.964. The number of hydrogen-bond donors (Lipinski definition) is 2. The average molecular weight is 351 g/mol. The minimum atomic E-state index is -0.299. The van der Waals surface area contributed by atoms with Gasteiger partial charge < -0.3 is 0 Å². The normalized spacial score (nSPS) is 10.5. The van der Waals surface area contributed by atoms with Crippen molar-refractivity contribution in [3.05, 3.63) is 42.4 Å². The fourth-order valence-electron chi connectivity index (χ4n) is 1.22. The van der Waals surface area contributed by atoms with E-state index in [1.165, 1.54) is 4.57 Å². The molecule has 1 heterocycles. The van der Waals surface area contributed by atoms with Gasteiger partial charge in [0.05, 0.1) is 5.69 Å². The van der Waals surface area contributed by atoms with Crippen molar-refractivity contribution < 1.29 is 0 Å². The molecule has 2 N–H and O–H groups in total. The van der Waals surface area contributed by atoms with E-state index in [1.54, 1.807) is 0 Å². The molecule has 0 spiro atoms. The molecule has 0 fully saturated rings. The molecule has 0 unspecified atom stereocenters. The minimum absolute atomic E-state index is 0.299. The molecule has 78 valence electrons. The zero-order valence-corrected chi connectivity index (χ0v) is 11.2. The maximum absolute atomic E-state index is 11.5. The molecule has 1 aromatic carbocycles. The number of aromatic amines is 2. The number of nitrogens with zero attached hydrogens (tertiary/aromatic N) is 1. The first-order chi connectivity index (χ1) is 7.11. The van der Waals surface area contributed by atoms with Crippen LogP contribution in [0.3, 0.4) is 0 Å². The maximum atomic E-state index is 11.5. The van der Waals surface area contributed by atoms with E-state index in [0.29, 0.717) is 10.5 Å². The van der Waals surface area contributed by atoms with Crippen LogP contribution in [0.4, 0.5) is 0 Å². The van der Waals surface area contributed by atoms with Crippen molar-refractivity contribution in [2.45, 2.75) is 0 Å². The molecule has 0 aliphatic rings. The molecular weight excluding hydrogens is 346 g/mol. The van der Waals surface area contributed by atoms with Crippen LogP contribution in [0.1, 0.15) is 0 Å². The third-order valence-electron chi connectivity index (χ3n) is 1.84. The highest BCUT2D eigenvalue weighted by atomic mass is 79.9. The van der Waals surface area contributed by atoms with Gasteiger partial charge >= 0.3 is 5.69 Å². The van der Waals surface area contributed by atoms with Crippen molar-refractivity contribution in [3.8, 4) is 5.69 Å². The number of para-hydroxylation sites is 1. The van der Waals surface area contributed by atoms with E-state index >= 15 is 0 Å². The van der Waals surface area contributed by atoms with Crippen molar-refractivity contribution in [2.75, 3.05) is 0 Å². The Balaban J connectivity index is 2.86.